The standard InChI is InChI=1S/C7H7.C2H2O4.BH3O3.Li/c1-7-5-3-2-4-6-7;3-1(4)2(5)6;2-1(3)4;/h2-6H,1H2;(H,3,4)(H,5,6);2-4H;/q-1;;;+1. The molecular weight excluding hydrogens is 238 g/mol. The van der Waals surface area contributed by atoms with E-state index in [9.17, 15) is 0 Å². The van der Waals surface area contributed by atoms with Crippen LogP contribution in [0.3, 0.4) is 0 Å². The maximum atomic E-state index is 9.10. The minimum atomic E-state index is -2.17. The maximum Gasteiger partial charge on any atom is 1.00 e. The van der Waals surface area contributed by atoms with Crippen molar-refractivity contribution in [3.63, 3.8) is 0 Å². The largest absolute Gasteiger partial charge is 1.00 e. The Bertz CT molecular complexity index is 316. The van der Waals surface area contributed by atoms with E-state index in [1.807, 2.05) is 30.3 Å². The van der Waals surface area contributed by atoms with Crippen LogP contribution in [0.2, 0.25) is 0 Å². The molecular formula is C9H12BLiO7. The van der Waals surface area contributed by atoms with Crippen molar-refractivity contribution < 1.29 is 53.7 Å². The van der Waals surface area contributed by atoms with E-state index in [1.54, 1.807) is 0 Å². The van der Waals surface area contributed by atoms with Gasteiger partial charge in [0.05, 0.1) is 0 Å². The van der Waals surface area contributed by atoms with Crippen LogP contribution < -0.4 is 18.9 Å². The molecule has 9 heteroatoms. The first-order valence-electron chi connectivity index (χ1n) is 4.14. The maximum absolute atomic E-state index is 9.10. The van der Waals surface area contributed by atoms with E-state index in [2.05, 4.69) is 6.92 Å². The van der Waals surface area contributed by atoms with Crippen LogP contribution in [-0.4, -0.2) is 44.5 Å². The van der Waals surface area contributed by atoms with E-state index in [1.165, 1.54) is 0 Å². The monoisotopic (exact) mass is 250 g/mol. The van der Waals surface area contributed by atoms with Gasteiger partial charge in [0.15, 0.2) is 0 Å². The van der Waals surface area contributed by atoms with E-state index < -0.39 is 19.3 Å². The quantitative estimate of drug-likeness (QED) is 0.180. The van der Waals surface area contributed by atoms with Crippen molar-refractivity contribution in [2.75, 3.05) is 0 Å². The molecule has 0 heterocycles. The summed E-state index contributed by atoms with van der Waals surface area (Å²) >= 11 is 0. The molecule has 0 saturated carbocycles. The van der Waals surface area contributed by atoms with Gasteiger partial charge in [-0.2, -0.15) is 24.6 Å². The number of carboxylic acids is 2. The fourth-order valence-corrected chi connectivity index (χ4v) is 0.478. The van der Waals surface area contributed by atoms with Crippen molar-refractivity contribution in [1.29, 1.82) is 0 Å². The van der Waals surface area contributed by atoms with E-state index in [0.717, 1.165) is 5.56 Å². The topological polar surface area (TPSA) is 135 Å². The second-order valence-electron chi connectivity index (χ2n) is 2.44. The van der Waals surface area contributed by atoms with Gasteiger partial charge in [-0.25, -0.2) is 9.59 Å². The average molecular weight is 250 g/mol. The molecule has 0 unspecified atom stereocenters. The summed E-state index contributed by atoms with van der Waals surface area (Å²) in [5.74, 6) is -3.65. The van der Waals surface area contributed by atoms with Gasteiger partial charge in [0, 0.05) is 0 Å². The van der Waals surface area contributed by atoms with Crippen LogP contribution in [0, 0.1) is 6.92 Å². The molecule has 0 aliphatic carbocycles. The summed E-state index contributed by atoms with van der Waals surface area (Å²) in [6, 6.07) is 9.87. The van der Waals surface area contributed by atoms with Gasteiger partial charge in [-0.3, -0.25) is 0 Å². The number of aliphatic carboxylic acids is 2. The second kappa shape index (κ2) is 13.6. The molecule has 7 nitrogen and oxygen atoms in total. The van der Waals surface area contributed by atoms with Crippen molar-refractivity contribution in [3.05, 3.63) is 42.8 Å². The Morgan fingerprint density at radius 3 is 1.33 bits per heavy atom. The summed E-state index contributed by atoms with van der Waals surface area (Å²) in [5, 5.41) is 36.3. The minimum absolute atomic E-state index is 0. The zero-order valence-electron chi connectivity index (χ0n) is 9.72. The van der Waals surface area contributed by atoms with Crippen LogP contribution >= 0.6 is 0 Å². The summed E-state index contributed by atoms with van der Waals surface area (Å²) in [6.45, 7) is 3.72. The van der Waals surface area contributed by atoms with E-state index in [0.29, 0.717) is 0 Å². The molecule has 5 N–H and O–H groups in total. The third-order valence-electron chi connectivity index (χ3n) is 1.03. The van der Waals surface area contributed by atoms with E-state index >= 15 is 0 Å². The summed E-state index contributed by atoms with van der Waals surface area (Å²) in [7, 11) is -2.17. The van der Waals surface area contributed by atoms with E-state index in [4.69, 9.17) is 34.9 Å². The molecule has 0 amide bonds. The molecule has 1 aromatic rings. The molecule has 0 bridgehead atoms. The average Bonchev–Trinajstić information content (AvgIpc) is 2.18. The Labute approximate surface area is 116 Å². The predicted molar refractivity (Wildman–Crippen MR) is 58.6 cm³/mol. The first-order valence-corrected chi connectivity index (χ1v) is 4.14. The van der Waals surface area contributed by atoms with Gasteiger partial charge < -0.3 is 25.3 Å². The molecule has 0 spiro atoms. The molecule has 18 heavy (non-hydrogen) atoms. The van der Waals surface area contributed by atoms with Gasteiger partial charge in [-0.15, -0.1) is 12.1 Å². The Kier molecular flexibility index (Phi) is 16.5. The summed E-state index contributed by atoms with van der Waals surface area (Å²) in [4.78, 5) is 18.2. The Hall–Kier alpha value is -1.43. The normalized spacial score (nSPS) is 7.28. The third kappa shape index (κ3) is 24.0. The zero-order chi connectivity index (χ0) is 13.8. The van der Waals surface area contributed by atoms with Gasteiger partial charge in [-0.1, -0.05) is 6.07 Å². The number of rotatable bonds is 0. The molecule has 0 saturated heterocycles. The minimum Gasteiger partial charge on any atom is -0.473 e. The summed E-state index contributed by atoms with van der Waals surface area (Å²) in [6.07, 6.45) is 0. The number of hydrogen-bond acceptors (Lipinski definition) is 5. The van der Waals surface area contributed by atoms with Gasteiger partial charge in [0.1, 0.15) is 0 Å². The van der Waals surface area contributed by atoms with Gasteiger partial charge in [0.25, 0.3) is 0 Å². The molecule has 1 aromatic carbocycles. The van der Waals surface area contributed by atoms with Crippen molar-refractivity contribution in [1.82, 2.24) is 0 Å². The number of benzene rings is 1. The fourth-order valence-electron chi connectivity index (χ4n) is 0.478. The number of hydrogen-bond donors (Lipinski definition) is 5. The molecule has 0 aromatic heterocycles. The summed E-state index contributed by atoms with van der Waals surface area (Å²) in [5.41, 5.74) is 1.07. The first kappa shape index (κ1) is 21.8. The van der Waals surface area contributed by atoms with Crippen molar-refractivity contribution in [2.45, 2.75) is 0 Å². The smallest absolute Gasteiger partial charge is 0.473 e. The van der Waals surface area contributed by atoms with Crippen LogP contribution in [0.1, 0.15) is 5.56 Å². The van der Waals surface area contributed by atoms with Crippen LogP contribution in [0.25, 0.3) is 0 Å². The Morgan fingerprint density at radius 2 is 1.22 bits per heavy atom. The predicted octanol–water partition coefficient (Wildman–Crippen LogP) is -4.02. The molecule has 94 valence electrons. The SMILES string of the molecule is O=C(O)C(=O)O.OB(O)O.[CH2-]c1ccccc1.[Li+]. The first-order chi connectivity index (χ1) is 7.77. The van der Waals surface area contributed by atoms with Gasteiger partial charge in [-0.05, 0) is 0 Å². The van der Waals surface area contributed by atoms with Crippen LogP contribution in [-0.2, 0) is 9.59 Å². The Balaban J connectivity index is -0.000000190. The van der Waals surface area contributed by atoms with Crippen LogP contribution in [0.4, 0.5) is 0 Å². The Morgan fingerprint density at radius 1 is 0.944 bits per heavy atom. The zero-order valence-corrected chi connectivity index (χ0v) is 9.72. The fraction of sp³-hybridized carbons (Fsp3) is 0. The molecule has 0 radical (unpaired) electrons. The summed E-state index contributed by atoms with van der Waals surface area (Å²) < 4.78 is 0. The second-order valence-corrected chi connectivity index (χ2v) is 2.44. The molecule has 0 aliphatic rings. The number of carboxylic acid groups (broad SMARTS) is 2. The third-order valence-corrected chi connectivity index (χ3v) is 1.03. The van der Waals surface area contributed by atoms with Crippen LogP contribution in [0.15, 0.2) is 30.3 Å². The number of carbonyl (C=O) groups is 2. The van der Waals surface area contributed by atoms with E-state index in [-0.39, 0.29) is 18.9 Å². The molecule has 1 rings (SSSR count). The molecule has 0 aliphatic heterocycles. The van der Waals surface area contributed by atoms with Crippen molar-refractivity contribution >= 4 is 19.3 Å². The van der Waals surface area contributed by atoms with Crippen LogP contribution in [0.5, 0.6) is 0 Å². The van der Waals surface area contributed by atoms with Gasteiger partial charge >= 0.3 is 38.1 Å². The van der Waals surface area contributed by atoms with Crippen molar-refractivity contribution in [3.8, 4) is 0 Å². The molecule has 0 atom stereocenters. The molecule has 0 fully saturated rings. The van der Waals surface area contributed by atoms with Gasteiger partial charge in [0.2, 0.25) is 0 Å². The van der Waals surface area contributed by atoms with Crippen molar-refractivity contribution in [2.24, 2.45) is 0 Å².